The number of anilines is 2. The summed E-state index contributed by atoms with van der Waals surface area (Å²) < 4.78 is 0. The molecule has 1 aliphatic rings. The van der Waals surface area contributed by atoms with Crippen LogP contribution in [-0.2, 0) is 4.79 Å². The predicted octanol–water partition coefficient (Wildman–Crippen LogP) is 2.56. The Balaban J connectivity index is 2.18. The van der Waals surface area contributed by atoms with Gasteiger partial charge in [0, 0.05) is 5.69 Å². The number of hydrogen-bond donors (Lipinski definition) is 1. The van der Waals surface area contributed by atoms with Gasteiger partial charge < -0.3 is 5.11 Å². The predicted molar refractivity (Wildman–Crippen MR) is 70.8 cm³/mol. The topological polar surface area (TPSA) is 57.6 Å². The highest BCUT2D eigenvalue weighted by atomic mass is 16.3. The van der Waals surface area contributed by atoms with Gasteiger partial charge in [0.25, 0.3) is 5.78 Å². The van der Waals surface area contributed by atoms with Crippen LogP contribution in [0.3, 0.4) is 0 Å². The first-order valence-corrected chi connectivity index (χ1v) is 5.87. The van der Waals surface area contributed by atoms with Crippen molar-refractivity contribution in [3.63, 3.8) is 0 Å². The molecule has 0 aliphatic carbocycles. The molecule has 2 aromatic carbocycles. The Morgan fingerprint density at radius 1 is 1.05 bits per heavy atom. The van der Waals surface area contributed by atoms with Gasteiger partial charge in [-0.2, -0.15) is 0 Å². The monoisotopic (exact) mass is 253 g/mol. The lowest BCUT2D eigenvalue weighted by molar-refractivity contribution is -0.113. The second-order valence-corrected chi connectivity index (χ2v) is 4.46. The van der Waals surface area contributed by atoms with E-state index >= 15 is 0 Å². The summed E-state index contributed by atoms with van der Waals surface area (Å²) in [4.78, 5) is 25.3. The third-order valence-corrected chi connectivity index (χ3v) is 3.23. The third-order valence-electron chi connectivity index (χ3n) is 3.23. The Hall–Kier alpha value is -2.62. The van der Waals surface area contributed by atoms with E-state index in [0.717, 1.165) is 0 Å². The van der Waals surface area contributed by atoms with E-state index in [4.69, 9.17) is 0 Å². The van der Waals surface area contributed by atoms with Crippen LogP contribution < -0.4 is 4.90 Å². The van der Waals surface area contributed by atoms with Crippen molar-refractivity contribution in [2.75, 3.05) is 4.90 Å². The van der Waals surface area contributed by atoms with Crippen LogP contribution in [0.4, 0.5) is 11.4 Å². The highest BCUT2D eigenvalue weighted by Crippen LogP contribution is 2.36. The Bertz CT molecular complexity index is 706. The molecule has 1 aliphatic heterocycles. The molecule has 19 heavy (non-hydrogen) atoms. The number of aryl methyl sites for hydroxylation is 1. The number of nitrogens with zero attached hydrogens (tertiary/aromatic N) is 1. The zero-order chi connectivity index (χ0) is 13.6. The fourth-order valence-corrected chi connectivity index (χ4v) is 2.22. The average Bonchev–Trinajstić information content (AvgIpc) is 2.66. The SMILES string of the molecule is Cc1cc(N2C(=O)C(=O)c3ccccc32)ccc1O. The molecule has 0 fully saturated rings. The van der Waals surface area contributed by atoms with Crippen LogP contribution in [-0.4, -0.2) is 16.8 Å². The van der Waals surface area contributed by atoms with E-state index in [1.165, 1.54) is 11.0 Å². The van der Waals surface area contributed by atoms with Crippen molar-refractivity contribution in [2.45, 2.75) is 6.92 Å². The van der Waals surface area contributed by atoms with Gasteiger partial charge in [-0.1, -0.05) is 12.1 Å². The van der Waals surface area contributed by atoms with Gasteiger partial charge in [-0.15, -0.1) is 0 Å². The zero-order valence-electron chi connectivity index (χ0n) is 10.3. The Labute approximate surface area is 109 Å². The minimum Gasteiger partial charge on any atom is -0.508 e. The first-order valence-electron chi connectivity index (χ1n) is 5.87. The average molecular weight is 253 g/mol. The molecule has 0 aromatic heterocycles. The summed E-state index contributed by atoms with van der Waals surface area (Å²) in [5.41, 5.74) is 2.24. The van der Waals surface area contributed by atoms with Gasteiger partial charge >= 0.3 is 5.91 Å². The summed E-state index contributed by atoms with van der Waals surface area (Å²) in [5, 5.41) is 9.53. The fourth-order valence-electron chi connectivity index (χ4n) is 2.22. The maximum absolute atomic E-state index is 12.1. The number of hydrogen-bond acceptors (Lipinski definition) is 3. The zero-order valence-corrected chi connectivity index (χ0v) is 10.3. The van der Waals surface area contributed by atoms with Gasteiger partial charge in [0.05, 0.1) is 11.3 Å². The van der Waals surface area contributed by atoms with Gasteiger partial charge in [-0.05, 0) is 42.8 Å². The van der Waals surface area contributed by atoms with Crippen molar-refractivity contribution in [3.05, 3.63) is 53.6 Å². The van der Waals surface area contributed by atoms with E-state index in [0.29, 0.717) is 22.5 Å². The van der Waals surface area contributed by atoms with Crippen molar-refractivity contribution >= 4 is 23.1 Å². The number of ketones is 1. The summed E-state index contributed by atoms with van der Waals surface area (Å²) >= 11 is 0. The number of carbonyl (C=O) groups is 2. The summed E-state index contributed by atoms with van der Waals surface area (Å²) in [6.07, 6.45) is 0. The number of phenolic OH excluding ortho intramolecular Hbond substituents is 1. The number of phenols is 1. The smallest absolute Gasteiger partial charge is 0.304 e. The van der Waals surface area contributed by atoms with Crippen LogP contribution in [0.15, 0.2) is 42.5 Å². The first kappa shape index (κ1) is 11.5. The lowest BCUT2D eigenvalue weighted by Crippen LogP contribution is -2.24. The molecule has 3 rings (SSSR count). The maximum atomic E-state index is 12.1. The van der Waals surface area contributed by atoms with Crippen molar-refractivity contribution in [2.24, 2.45) is 0 Å². The highest BCUT2D eigenvalue weighted by Gasteiger charge is 2.36. The highest BCUT2D eigenvalue weighted by molar-refractivity contribution is 6.53. The molecular formula is C15H11NO3. The molecule has 0 spiro atoms. The normalized spacial score (nSPS) is 13.8. The van der Waals surface area contributed by atoms with E-state index in [1.54, 1.807) is 43.3 Å². The number of aromatic hydroxyl groups is 1. The van der Waals surface area contributed by atoms with Gasteiger partial charge in [0.2, 0.25) is 0 Å². The molecule has 1 N–H and O–H groups in total. The minimum atomic E-state index is -0.564. The van der Waals surface area contributed by atoms with Gasteiger partial charge in [0.1, 0.15) is 5.75 Å². The van der Waals surface area contributed by atoms with Crippen molar-refractivity contribution < 1.29 is 14.7 Å². The Morgan fingerprint density at radius 3 is 2.53 bits per heavy atom. The number of Topliss-reactive ketones (excluding diaryl/α,β-unsaturated/α-hetero) is 1. The molecular weight excluding hydrogens is 242 g/mol. The number of amides is 1. The molecule has 0 saturated carbocycles. The van der Waals surface area contributed by atoms with E-state index in [9.17, 15) is 14.7 Å². The van der Waals surface area contributed by atoms with Crippen LogP contribution in [0, 0.1) is 6.92 Å². The van der Waals surface area contributed by atoms with Crippen LogP contribution in [0.2, 0.25) is 0 Å². The van der Waals surface area contributed by atoms with Gasteiger partial charge in [0.15, 0.2) is 0 Å². The maximum Gasteiger partial charge on any atom is 0.304 e. The number of rotatable bonds is 1. The van der Waals surface area contributed by atoms with E-state index in [2.05, 4.69) is 0 Å². The Morgan fingerprint density at radius 2 is 1.79 bits per heavy atom. The number of benzene rings is 2. The molecule has 1 amide bonds. The third kappa shape index (κ3) is 1.61. The molecule has 94 valence electrons. The van der Waals surface area contributed by atoms with E-state index in [1.807, 2.05) is 0 Å². The molecule has 4 heteroatoms. The summed E-state index contributed by atoms with van der Waals surface area (Å²) in [6, 6.07) is 11.7. The summed E-state index contributed by atoms with van der Waals surface area (Å²) in [6.45, 7) is 1.74. The second-order valence-electron chi connectivity index (χ2n) is 4.46. The molecule has 0 atom stereocenters. The van der Waals surface area contributed by atoms with E-state index in [-0.39, 0.29) is 5.75 Å². The van der Waals surface area contributed by atoms with Crippen molar-refractivity contribution in [1.82, 2.24) is 0 Å². The summed E-state index contributed by atoms with van der Waals surface area (Å²) in [7, 11) is 0. The number of fused-ring (bicyclic) bond motifs is 1. The Kier molecular flexibility index (Phi) is 2.38. The van der Waals surface area contributed by atoms with Crippen molar-refractivity contribution in [3.8, 4) is 5.75 Å². The summed E-state index contributed by atoms with van der Waals surface area (Å²) in [5.74, 6) is -0.900. The molecule has 0 unspecified atom stereocenters. The quantitative estimate of drug-likeness (QED) is 0.794. The molecule has 0 radical (unpaired) electrons. The molecule has 0 saturated heterocycles. The molecule has 2 aromatic rings. The largest absolute Gasteiger partial charge is 0.508 e. The lowest BCUT2D eigenvalue weighted by atomic mass is 10.1. The van der Waals surface area contributed by atoms with Gasteiger partial charge in [-0.25, -0.2) is 0 Å². The van der Waals surface area contributed by atoms with E-state index < -0.39 is 11.7 Å². The van der Waals surface area contributed by atoms with Crippen molar-refractivity contribution in [1.29, 1.82) is 0 Å². The molecule has 4 nitrogen and oxygen atoms in total. The standard InChI is InChI=1S/C15H11NO3/c1-9-8-10(6-7-13(9)17)16-12-5-3-2-4-11(12)14(18)15(16)19/h2-8,17H,1H3. The number of para-hydroxylation sites is 1. The van der Waals surface area contributed by atoms with Crippen LogP contribution in [0.1, 0.15) is 15.9 Å². The second kappa shape index (κ2) is 3.95. The minimum absolute atomic E-state index is 0.162. The lowest BCUT2D eigenvalue weighted by Gasteiger charge is -2.17. The number of carbonyl (C=O) groups excluding carboxylic acids is 2. The van der Waals surface area contributed by atoms with Gasteiger partial charge in [-0.3, -0.25) is 14.5 Å². The van der Waals surface area contributed by atoms with Crippen LogP contribution in [0.5, 0.6) is 5.75 Å². The first-order chi connectivity index (χ1) is 9.09. The molecule has 1 heterocycles. The van der Waals surface area contributed by atoms with Crippen LogP contribution in [0.25, 0.3) is 0 Å². The molecule has 0 bridgehead atoms. The fraction of sp³-hybridized carbons (Fsp3) is 0.0667. The van der Waals surface area contributed by atoms with Crippen LogP contribution >= 0.6 is 0 Å².